The number of nitrogens with one attached hydrogen (secondary N) is 1. The maximum Gasteiger partial charge on any atom is 0.349 e. The Morgan fingerprint density at radius 3 is 2.50 bits per heavy atom. The quantitative estimate of drug-likeness (QED) is 0.358. The molecule has 1 amide bonds. The smallest absolute Gasteiger partial charge is 0.349 e. The van der Waals surface area contributed by atoms with Gasteiger partial charge in [0, 0.05) is 26.3 Å². The summed E-state index contributed by atoms with van der Waals surface area (Å²) in [6.45, 7) is 5.20. The molecule has 1 aromatic carbocycles. The van der Waals surface area contributed by atoms with Gasteiger partial charge in [0.1, 0.15) is 11.6 Å². The van der Waals surface area contributed by atoms with Crippen molar-refractivity contribution in [3.8, 4) is 6.07 Å². The average Bonchev–Trinajstić information content (AvgIpc) is 2.57. The van der Waals surface area contributed by atoms with Crippen LogP contribution >= 0.6 is 0 Å². The molecule has 1 atom stereocenters. The highest BCUT2D eigenvalue weighted by atomic mass is 16.5. The Morgan fingerprint density at radius 1 is 1.38 bits per heavy atom. The molecule has 0 radical (unpaired) electrons. The number of benzene rings is 1. The van der Waals surface area contributed by atoms with E-state index >= 15 is 0 Å². The molecule has 126 valence electrons. The van der Waals surface area contributed by atoms with Crippen LogP contribution < -0.4 is 10.2 Å². The van der Waals surface area contributed by atoms with E-state index in [0.717, 1.165) is 5.69 Å². The minimum atomic E-state index is -0.995. The minimum Gasteiger partial charge on any atom is -0.448 e. The van der Waals surface area contributed by atoms with Gasteiger partial charge in [-0.1, -0.05) is 18.2 Å². The molecular weight excluding hydrogens is 306 g/mol. The summed E-state index contributed by atoms with van der Waals surface area (Å²) in [6, 6.07) is 9.13. The number of hydrogen-bond donors (Lipinski definition) is 1. The maximum absolute atomic E-state index is 12.0. The van der Waals surface area contributed by atoms with Crippen LogP contribution in [0.1, 0.15) is 12.5 Å². The lowest BCUT2D eigenvalue weighted by molar-refractivity contribution is -0.150. The van der Waals surface area contributed by atoms with Gasteiger partial charge in [0.15, 0.2) is 6.10 Å². The summed E-state index contributed by atoms with van der Waals surface area (Å²) in [5.74, 6) is -1.29. The van der Waals surface area contributed by atoms with Gasteiger partial charge in [-0.25, -0.2) is 4.79 Å². The molecule has 0 unspecified atom stereocenters. The highest BCUT2D eigenvalue weighted by Gasteiger charge is 2.20. The highest BCUT2D eigenvalue weighted by Crippen LogP contribution is 2.15. The van der Waals surface area contributed by atoms with Gasteiger partial charge < -0.3 is 15.0 Å². The second-order valence-corrected chi connectivity index (χ2v) is 5.24. The lowest BCUT2D eigenvalue weighted by atomic mass is 10.1. The van der Waals surface area contributed by atoms with Gasteiger partial charge in [0.2, 0.25) is 0 Å². The molecule has 0 aliphatic heterocycles. The van der Waals surface area contributed by atoms with Gasteiger partial charge >= 0.3 is 5.97 Å². The molecule has 0 spiro atoms. The standard InChI is InChI=1S/C18H21N3O3/c1-5-10-20-17(22)13(2)24-18(23)15(12-19)11-14-6-8-16(9-7-14)21(3)4/h5-9,11,13H,1,10H2,2-4H3,(H,20,22)/b15-11+/t13-/m1/s1. The Bertz CT molecular complexity index is 670. The van der Waals surface area contributed by atoms with Crippen LogP contribution in [0.3, 0.4) is 0 Å². The van der Waals surface area contributed by atoms with Gasteiger partial charge in [-0.2, -0.15) is 5.26 Å². The van der Waals surface area contributed by atoms with E-state index in [1.165, 1.54) is 19.1 Å². The molecule has 0 aliphatic rings. The predicted molar refractivity (Wildman–Crippen MR) is 93.1 cm³/mol. The first-order chi connectivity index (χ1) is 11.4. The number of esters is 1. The van der Waals surface area contributed by atoms with E-state index in [0.29, 0.717) is 5.56 Å². The van der Waals surface area contributed by atoms with Crippen LogP contribution in [-0.2, 0) is 14.3 Å². The van der Waals surface area contributed by atoms with Crippen LogP contribution in [0.5, 0.6) is 0 Å². The largest absolute Gasteiger partial charge is 0.448 e. The molecule has 1 aromatic rings. The van der Waals surface area contributed by atoms with E-state index in [1.807, 2.05) is 31.1 Å². The number of anilines is 1. The van der Waals surface area contributed by atoms with E-state index in [9.17, 15) is 9.59 Å². The van der Waals surface area contributed by atoms with Crippen molar-refractivity contribution in [2.75, 3.05) is 25.5 Å². The Hall–Kier alpha value is -3.07. The van der Waals surface area contributed by atoms with Crippen molar-refractivity contribution in [3.63, 3.8) is 0 Å². The Morgan fingerprint density at radius 2 is 2.00 bits per heavy atom. The molecular formula is C18H21N3O3. The van der Waals surface area contributed by atoms with Crippen molar-refractivity contribution in [3.05, 3.63) is 48.1 Å². The predicted octanol–water partition coefficient (Wildman–Crippen LogP) is 1.89. The van der Waals surface area contributed by atoms with Crippen LogP contribution in [0.2, 0.25) is 0 Å². The number of amides is 1. The number of nitrogens with zero attached hydrogens (tertiary/aromatic N) is 2. The number of rotatable bonds is 7. The minimum absolute atomic E-state index is 0.170. The van der Waals surface area contributed by atoms with Crippen LogP contribution in [0.4, 0.5) is 5.69 Å². The van der Waals surface area contributed by atoms with Gasteiger partial charge in [-0.3, -0.25) is 4.79 Å². The molecule has 6 nitrogen and oxygen atoms in total. The van der Waals surface area contributed by atoms with Crippen LogP contribution in [0.25, 0.3) is 6.08 Å². The summed E-state index contributed by atoms with van der Waals surface area (Å²) >= 11 is 0. The Labute approximate surface area is 142 Å². The summed E-state index contributed by atoms with van der Waals surface area (Å²) < 4.78 is 5.01. The van der Waals surface area contributed by atoms with Crippen molar-refractivity contribution in [2.24, 2.45) is 0 Å². The lowest BCUT2D eigenvalue weighted by Gasteiger charge is -2.13. The number of hydrogen-bond acceptors (Lipinski definition) is 5. The highest BCUT2D eigenvalue weighted by molar-refractivity contribution is 5.99. The fourth-order valence-corrected chi connectivity index (χ4v) is 1.77. The summed E-state index contributed by atoms with van der Waals surface area (Å²) in [5.41, 5.74) is 1.52. The van der Waals surface area contributed by atoms with Crippen molar-refractivity contribution in [1.29, 1.82) is 5.26 Å². The summed E-state index contributed by atoms with van der Waals surface area (Å²) in [4.78, 5) is 25.6. The van der Waals surface area contributed by atoms with Crippen molar-refractivity contribution in [1.82, 2.24) is 5.32 Å². The average molecular weight is 327 g/mol. The summed E-state index contributed by atoms with van der Waals surface area (Å²) in [6.07, 6.45) is 1.95. The zero-order valence-corrected chi connectivity index (χ0v) is 14.1. The second kappa shape index (κ2) is 9.16. The van der Waals surface area contributed by atoms with Gasteiger partial charge in [-0.05, 0) is 30.7 Å². The first-order valence-electron chi connectivity index (χ1n) is 7.37. The number of ether oxygens (including phenoxy) is 1. The third-order valence-corrected chi connectivity index (χ3v) is 3.13. The lowest BCUT2D eigenvalue weighted by Crippen LogP contribution is -2.36. The Kier molecular flexibility index (Phi) is 7.24. The zero-order valence-electron chi connectivity index (χ0n) is 14.1. The molecule has 1 rings (SSSR count). The van der Waals surface area contributed by atoms with E-state index in [2.05, 4.69) is 11.9 Å². The zero-order chi connectivity index (χ0) is 18.1. The summed E-state index contributed by atoms with van der Waals surface area (Å²) in [5, 5.41) is 11.7. The molecule has 0 aliphatic carbocycles. The molecule has 0 saturated carbocycles. The van der Waals surface area contributed by atoms with E-state index in [-0.39, 0.29) is 12.1 Å². The third-order valence-electron chi connectivity index (χ3n) is 3.13. The van der Waals surface area contributed by atoms with Crippen LogP contribution in [0, 0.1) is 11.3 Å². The number of carbonyl (C=O) groups excluding carboxylic acids is 2. The summed E-state index contributed by atoms with van der Waals surface area (Å²) in [7, 11) is 3.84. The van der Waals surface area contributed by atoms with E-state index in [1.54, 1.807) is 18.2 Å². The Balaban J connectivity index is 2.80. The monoisotopic (exact) mass is 327 g/mol. The third kappa shape index (κ3) is 5.61. The van der Waals surface area contributed by atoms with Crippen molar-refractivity contribution in [2.45, 2.75) is 13.0 Å². The molecule has 0 bridgehead atoms. The van der Waals surface area contributed by atoms with Gasteiger partial charge in [-0.15, -0.1) is 6.58 Å². The van der Waals surface area contributed by atoms with E-state index < -0.39 is 18.0 Å². The first kappa shape index (κ1) is 19.0. The molecule has 6 heteroatoms. The molecule has 1 N–H and O–H groups in total. The normalized spacial score (nSPS) is 11.8. The second-order valence-electron chi connectivity index (χ2n) is 5.24. The molecule has 0 aromatic heterocycles. The van der Waals surface area contributed by atoms with Gasteiger partial charge in [0.05, 0.1) is 0 Å². The van der Waals surface area contributed by atoms with Crippen molar-refractivity contribution >= 4 is 23.6 Å². The molecule has 24 heavy (non-hydrogen) atoms. The number of carbonyl (C=O) groups is 2. The van der Waals surface area contributed by atoms with Crippen LogP contribution in [-0.4, -0.2) is 38.6 Å². The van der Waals surface area contributed by atoms with Gasteiger partial charge in [0.25, 0.3) is 5.91 Å². The first-order valence-corrected chi connectivity index (χ1v) is 7.37. The SMILES string of the molecule is C=CCNC(=O)[C@@H](C)OC(=O)/C(C#N)=C/c1ccc(N(C)C)cc1. The van der Waals surface area contributed by atoms with Crippen molar-refractivity contribution < 1.29 is 14.3 Å². The fourth-order valence-electron chi connectivity index (χ4n) is 1.77. The number of nitriles is 1. The van der Waals surface area contributed by atoms with Crippen LogP contribution in [0.15, 0.2) is 42.5 Å². The molecule has 0 heterocycles. The molecule has 0 fully saturated rings. The molecule has 0 saturated heterocycles. The topological polar surface area (TPSA) is 82.4 Å². The fraction of sp³-hybridized carbons (Fsp3) is 0.278. The maximum atomic E-state index is 12.0. The van der Waals surface area contributed by atoms with E-state index in [4.69, 9.17) is 10.00 Å².